The summed E-state index contributed by atoms with van der Waals surface area (Å²) < 4.78 is 0. The highest BCUT2D eigenvalue weighted by Crippen LogP contribution is 2.46. The largest absolute Gasteiger partial charge is 0.307 e. The maximum Gasteiger partial charge on any atom is 0.261 e. The smallest absolute Gasteiger partial charge is 0.261 e. The number of carbonyl (C=O) groups excluding carboxylic acids is 2. The van der Waals surface area contributed by atoms with Crippen LogP contribution < -0.4 is 0 Å². The van der Waals surface area contributed by atoms with Crippen molar-refractivity contribution in [1.29, 1.82) is 0 Å². The number of fused-ring (bicyclic) bond motifs is 1. The van der Waals surface area contributed by atoms with Gasteiger partial charge >= 0.3 is 0 Å². The number of hydrogen-bond donors (Lipinski definition) is 0. The molecule has 4 nitrogen and oxygen atoms in total. The van der Waals surface area contributed by atoms with Gasteiger partial charge < -0.3 is 9.80 Å². The molecule has 0 bridgehead atoms. The van der Waals surface area contributed by atoms with Gasteiger partial charge in [-0.15, -0.1) is 0 Å². The molecule has 2 aromatic carbocycles. The molecule has 130 valence electrons. The highest BCUT2D eigenvalue weighted by molar-refractivity contribution is 6.30. The summed E-state index contributed by atoms with van der Waals surface area (Å²) in [6.45, 7) is 4.93. The molecule has 2 heterocycles. The summed E-state index contributed by atoms with van der Waals surface area (Å²) in [7, 11) is 0. The van der Waals surface area contributed by atoms with Crippen molar-refractivity contribution in [3.8, 4) is 0 Å². The molecule has 0 spiro atoms. The van der Waals surface area contributed by atoms with Crippen LogP contribution in [0, 0.1) is 0 Å². The summed E-state index contributed by atoms with van der Waals surface area (Å²) in [5, 5.41) is 0. The van der Waals surface area contributed by atoms with E-state index in [1.807, 2.05) is 74.5 Å². The van der Waals surface area contributed by atoms with Crippen LogP contribution in [-0.4, -0.2) is 34.7 Å². The highest BCUT2D eigenvalue weighted by atomic mass is 16.2. The van der Waals surface area contributed by atoms with Gasteiger partial charge in [0.1, 0.15) is 0 Å². The van der Waals surface area contributed by atoms with E-state index in [0.29, 0.717) is 24.2 Å². The normalized spacial score (nSPS) is 16.8. The van der Waals surface area contributed by atoms with Crippen molar-refractivity contribution in [3.05, 3.63) is 82.9 Å². The fourth-order valence-corrected chi connectivity index (χ4v) is 3.79. The average molecular weight is 344 g/mol. The lowest BCUT2D eigenvalue weighted by atomic mass is 10.0. The maximum atomic E-state index is 13.2. The zero-order valence-electron chi connectivity index (χ0n) is 14.9. The van der Waals surface area contributed by atoms with Gasteiger partial charge in [0.05, 0.1) is 22.5 Å². The van der Waals surface area contributed by atoms with E-state index in [2.05, 4.69) is 0 Å². The highest BCUT2D eigenvalue weighted by Gasteiger charge is 2.47. The summed E-state index contributed by atoms with van der Waals surface area (Å²) in [6, 6.07) is 19.4. The second-order valence-electron chi connectivity index (χ2n) is 6.28. The fraction of sp³-hybridized carbons (Fsp3) is 0.182. The van der Waals surface area contributed by atoms with Gasteiger partial charge in [0.15, 0.2) is 0 Å². The number of benzene rings is 2. The van der Waals surface area contributed by atoms with Crippen LogP contribution in [0.15, 0.2) is 71.8 Å². The lowest BCUT2D eigenvalue weighted by Gasteiger charge is -2.23. The third-order valence-electron chi connectivity index (χ3n) is 4.91. The Morgan fingerprint density at radius 2 is 0.962 bits per heavy atom. The molecule has 0 aromatic heterocycles. The molecular formula is C22H20N2O2. The molecule has 0 fully saturated rings. The van der Waals surface area contributed by atoms with Gasteiger partial charge in [-0.3, -0.25) is 9.59 Å². The number of carbonyl (C=O) groups is 2. The number of likely N-dealkylation sites (N-methyl/N-ethyl adjacent to an activating group) is 2. The molecule has 4 rings (SSSR count). The molecule has 0 aliphatic carbocycles. The van der Waals surface area contributed by atoms with Gasteiger partial charge in [-0.05, 0) is 25.0 Å². The summed E-state index contributed by atoms with van der Waals surface area (Å²) in [4.78, 5) is 29.9. The zero-order valence-corrected chi connectivity index (χ0v) is 14.9. The predicted molar refractivity (Wildman–Crippen MR) is 101 cm³/mol. The maximum absolute atomic E-state index is 13.2. The first-order chi connectivity index (χ1) is 12.7. The molecule has 26 heavy (non-hydrogen) atoms. The van der Waals surface area contributed by atoms with E-state index in [1.54, 1.807) is 9.80 Å². The van der Waals surface area contributed by atoms with Gasteiger partial charge in [0.25, 0.3) is 11.8 Å². The summed E-state index contributed by atoms with van der Waals surface area (Å²) in [5.74, 6) is -0.186. The van der Waals surface area contributed by atoms with Gasteiger partial charge in [-0.1, -0.05) is 60.7 Å². The van der Waals surface area contributed by atoms with Crippen LogP contribution in [-0.2, 0) is 9.59 Å². The van der Waals surface area contributed by atoms with E-state index >= 15 is 0 Å². The van der Waals surface area contributed by atoms with Crippen molar-refractivity contribution in [2.75, 3.05) is 13.1 Å². The summed E-state index contributed by atoms with van der Waals surface area (Å²) in [6.07, 6.45) is 0. The minimum atomic E-state index is -0.0930. The van der Waals surface area contributed by atoms with Crippen LogP contribution in [0.1, 0.15) is 25.0 Å². The third kappa shape index (κ3) is 2.22. The van der Waals surface area contributed by atoms with E-state index in [-0.39, 0.29) is 11.8 Å². The van der Waals surface area contributed by atoms with E-state index in [1.165, 1.54) is 0 Å². The van der Waals surface area contributed by atoms with Crippen LogP contribution in [0.4, 0.5) is 0 Å². The molecule has 0 saturated carbocycles. The van der Waals surface area contributed by atoms with Crippen LogP contribution in [0.25, 0.3) is 11.4 Å². The Bertz CT molecular complexity index is 863. The fourth-order valence-electron chi connectivity index (χ4n) is 3.79. The topological polar surface area (TPSA) is 40.6 Å². The van der Waals surface area contributed by atoms with E-state index < -0.39 is 0 Å². The second kappa shape index (κ2) is 6.30. The van der Waals surface area contributed by atoms with E-state index in [4.69, 9.17) is 0 Å². The number of hydrogen-bond acceptors (Lipinski definition) is 2. The number of amides is 2. The van der Waals surface area contributed by atoms with Crippen LogP contribution in [0.3, 0.4) is 0 Å². The molecular weight excluding hydrogens is 324 g/mol. The first-order valence-corrected chi connectivity index (χ1v) is 8.92. The van der Waals surface area contributed by atoms with Crippen molar-refractivity contribution in [1.82, 2.24) is 9.80 Å². The molecule has 2 aliphatic heterocycles. The Morgan fingerprint density at radius 1 is 0.615 bits per heavy atom. The third-order valence-corrected chi connectivity index (χ3v) is 4.91. The molecule has 0 N–H and O–H groups in total. The molecule has 2 amide bonds. The van der Waals surface area contributed by atoms with Crippen molar-refractivity contribution in [3.63, 3.8) is 0 Å². The molecule has 0 radical (unpaired) electrons. The van der Waals surface area contributed by atoms with Gasteiger partial charge in [0.2, 0.25) is 0 Å². The number of rotatable bonds is 4. The van der Waals surface area contributed by atoms with Crippen molar-refractivity contribution < 1.29 is 9.59 Å². The minimum Gasteiger partial charge on any atom is -0.307 e. The lowest BCUT2D eigenvalue weighted by Crippen LogP contribution is -2.29. The van der Waals surface area contributed by atoms with Crippen LogP contribution in [0.2, 0.25) is 0 Å². The zero-order chi connectivity index (χ0) is 18.3. The minimum absolute atomic E-state index is 0.0930. The van der Waals surface area contributed by atoms with E-state index in [9.17, 15) is 9.59 Å². The Labute approximate surface area is 153 Å². The quantitative estimate of drug-likeness (QED) is 0.851. The van der Waals surface area contributed by atoms with Gasteiger partial charge in [-0.2, -0.15) is 0 Å². The second-order valence-corrected chi connectivity index (χ2v) is 6.28. The van der Waals surface area contributed by atoms with Crippen LogP contribution >= 0.6 is 0 Å². The molecule has 4 heteroatoms. The van der Waals surface area contributed by atoms with E-state index in [0.717, 1.165) is 22.5 Å². The monoisotopic (exact) mass is 344 g/mol. The number of nitrogens with zero attached hydrogens (tertiary/aromatic N) is 2. The standard InChI is InChI=1S/C22H20N2O2/c1-3-23-19(15-11-7-5-8-12-15)17-18(21(23)25)20(24(4-2)22(17)26)16-13-9-6-10-14-16/h5-14H,3-4H2,1-2H3. The van der Waals surface area contributed by atoms with Crippen molar-refractivity contribution in [2.24, 2.45) is 0 Å². The van der Waals surface area contributed by atoms with Crippen molar-refractivity contribution >= 4 is 23.2 Å². The predicted octanol–water partition coefficient (Wildman–Crippen LogP) is 3.53. The van der Waals surface area contributed by atoms with Crippen LogP contribution in [0.5, 0.6) is 0 Å². The summed E-state index contributed by atoms with van der Waals surface area (Å²) in [5.41, 5.74) is 4.30. The van der Waals surface area contributed by atoms with Gasteiger partial charge in [0, 0.05) is 13.1 Å². The summed E-state index contributed by atoms with van der Waals surface area (Å²) >= 11 is 0. The molecule has 0 atom stereocenters. The molecule has 0 unspecified atom stereocenters. The van der Waals surface area contributed by atoms with Gasteiger partial charge in [-0.25, -0.2) is 0 Å². The molecule has 2 aliphatic rings. The first-order valence-electron chi connectivity index (χ1n) is 8.92. The Morgan fingerprint density at radius 3 is 1.27 bits per heavy atom. The Kier molecular flexibility index (Phi) is 3.96. The SMILES string of the molecule is CCN1C(=O)C2=C(c3ccccc3)N(CC)C(=O)C2=C1c1ccccc1. The molecule has 0 saturated heterocycles. The average Bonchev–Trinajstić information content (AvgIpc) is 3.14. The Balaban J connectivity index is 2.03. The Hall–Kier alpha value is -3.14. The first kappa shape index (κ1) is 16.3. The lowest BCUT2D eigenvalue weighted by molar-refractivity contribution is -0.124. The van der Waals surface area contributed by atoms with Crippen molar-refractivity contribution in [2.45, 2.75) is 13.8 Å². The molecule has 2 aromatic rings.